The van der Waals surface area contributed by atoms with Crippen molar-refractivity contribution >= 4 is 26.7 Å². The molecule has 0 amide bonds. The summed E-state index contributed by atoms with van der Waals surface area (Å²) in [7, 11) is 0. The summed E-state index contributed by atoms with van der Waals surface area (Å²) < 4.78 is 0. The molecule has 0 radical (unpaired) electrons. The molecule has 0 spiro atoms. The minimum absolute atomic E-state index is 0. The Bertz CT molecular complexity index is 155. The van der Waals surface area contributed by atoms with Crippen LogP contribution >= 0.6 is 0 Å². The van der Waals surface area contributed by atoms with E-state index in [1.807, 2.05) is 6.08 Å². The van der Waals surface area contributed by atoms with Crippen molar-refractivity contribution in [1.29, 1.82) is 0 Å². The zero-order valence-corrected chi connectivity index (χ0v) is 9.41. The third-order valence-electron chi connectivity index (χ3n) is 1.48. The maximum atomic E-state index is 10.1. The second kappa shape index (κ2) is 29.3. The molecule has 0 saturated carbocycles. The summed E-state index contributed by atoms with van der Waals surface area (Å²) in [4.78, 5) is 33.3. The number of hydrogen-bond acceptors (Lipinski definition) is 4. The van der Waals surface area contributed by atoms with E-state index in [4.69, 9.17) is 14.4 Å². The van der Waals surface area contributed by atoms with E-state index in [9.17, 15) is 4.79 Å². The molecule has 1 aliphatic carbocycles. The number of allylic oxidation sites excluding steroid dienone is 2. The number of aldehydes is 1. The van der Waals surface area contributed by atoms with Gasteiger partial charge in [0.2, 0.25) is 0 Å². The van der Waals surface area contributed by atoms with Crippen LogP contribution < -0.4 is 0 Å². The molecule has 0 unspecified atom stereocenters. The van der Waals surface area contributed by atoms with Gasteiger partial charge in [-0.25, -0.2) is 0 Å². The summed E-state index contributed by atoms with van der Waals surface area (Å²) in [5.74, 6) is 0. The minimum Gasteiger partial charge on any atom is -0.545 e. The molecule has 0 atom stereocenters. The van der Waals surface area contributed by atoms with Crippen molar-refractivity contribution < 1.29 is 36.2 Å². The predicted molar refractivity (Wildman–Crippen MR) is 52.9 cm³/mol. The first kappa shape index (κ1) is 23.6. The summed E-state index contributed by atoms with van der Waals surface area (Å²) in [5.41, 5.74) is 0.997. The zero-order chi connectivity index (χ0) is 11.8. The molecule has 0 aromatic heterocycles. The van der Waals surface area contributed by atoms with Crippen LogP contribution in [0.5, 0.6) is 0 Å². The first-order valence-corrected chi connectivity index (χ1v) is 3.78. The molecule has 0 heterocycles. The summed E-state index contributed by atoms with van der Waals surface area (Å²) in [6.45, 7) is 9.75. The van der Waals surface area contributed by atoms with Crippen molar-refractivity contribution in [3.63, 3.8) is 0 Å². The van der Waals surface area contributed by atoms with Crippen LogP contribution in [0.1, 0.15) is 25.7 Å². The molecule has 0 aliphatic heterocycles. The Hall–Kier alpha value is -1.06. The van der Waals surface area contributed by atoms with Gasteiger partial charge < -0.3 is 14.4 Å². The molecular weight excluding hydrogens is 239 g/mol. The average molecular weight is 252 g/mol. The van der Waals surface area contributed by atoms with Crippen LogP contribution in [-0.4, -0.2) is 26.7 Å². The Morgan fingerprint density at radius 2 is 1.47 bits per heavy atom. The van der Waals surface area contributed by atoms with E-state index in [0.717, 1.165) is 24.7 Å². The molecule has 15 heavy (non-hydrogen) atoms. The van der Waals surface area contributed by atoms with E-state index < -0.39 is 0 Å². The van der Waals surface area contributed by atoms with E-state index in [-0.39, 0.29) is 17.1 Å². The maximum Gasteiger partial charge on any atom is 3.00 e. The Morgan fingerprint density at radius 1 is 1.00 bits per heavy atom. The van der Waals surface area contributed by atoms with Gasteiger partial charge in [-0.05, 0) is 31.3 Å². The van der Waals surface area contributed by atoms with Crippen molar-refractivity contribution in [3.05, 3.63) is 11.6 Å². The van der Waals surface area contributed by atoms with Gasteiger partial charge in [-0.1, -0.05) is 6.08 Å². The zero-order valence-electron chi connectivity index (χ0n) is 8.23. The van der Waals surface area contributed by atoms with Gasteiger partial charge in [-0.3, -0.25) is 25.2 Å². The molecule has 0 fully saturated rings. The fraction of sp³-hybridized carbons (Fsp3) is 0.400. The SMILES string of the molecule is O=CC1=CCCCC1.[CH-]=O.[CH-]=O.[CH-]=O.[Mn+3]. The van der Waals surface area contributed by atoms with Gasteiger partial charge in [0, 0.05) is 0 Å². The number of carbonyl (C=O) groups is 1. The van der Waals surface area contributed by atoms with Gasteiger partial charge in [0.25, 0.3) is 0 Å². The smallest absolute Gasteiger partial charge is 0.545 e. The third kappa shape index (κ3) is 19.4. The van der Waals surface area contributed by atoms with Gasteiger partial charge in [0.05, 0.1) is 0 Å². The summed E-state index contributed by atoms with van der Waals surface area (Å²) in [6.07, 6.45) is 7.58. The molecular formula is C10H13MnO4. The fourth-order valence-electron chi connectivity index (χ4n) is 0.970. The van der Waals surface area contributed by atoms with Crippen molar-refractivity contribution in [1.82, 2.24) is 0 Å². The van der Waals surface area contributed by atoms with E-state index >= 15 is 0 Å². The van der Waals surface area contributed by atoms with E-state index in [2.05, 4.69) is 20.4 Å². The van der Waals surface area contributed by atoms with Crippen molar-refractivity contribution in [2.75, 3.05) is 0 Å². The van der Waals surface area contributed by atoms with Crippen LogP contribution in [0, 0.1) is 0 Å². The second-order valence-corrected chi connectivity index (χ2v) is 2.14. The van der Waals surface area contributed by atoms with Crippen LogP contribution in [0.25, 0.3) is 0 Å². The molecule has 84 valence electrons. The summed E-state index contributed by atoms with van der Waals surface area (Å²) >= 11 is 0. The first-order chi connectivity index (χ1) is 6.93. The molecule has 1 rings (SSSR count). The third-order valence-corrected chi connectivity index (χ3v) is 1.48. The Labute approximate surface area is 101 Å². The van der Waals surface area contributed by atoms with Crippen LogP contribution in [0.2, 0.25) is 0 Å². The maximum absolute atomic E-state index is 10.1. The van der Waals surface area contributed by atoms with Crippen LogP contribution in [0.4, 0.5) is 0 Å². The summed E-state index contributed by atoms with van der Waals surface area (Å²) in [5, 5.41) is 0. The Balaban J connectivity index is -0.0000000755. The molecule has 0 aromatic carbocycles. The Morgan fingerprint density at radius 3 is 1.67 bits per heavy atom. The van der Waals surface area contributed by atoms with E-state index in [1.165, 1.54) is 12.8 Å². The Kier molecular flexibility index (Phi) is 46.1. The van der Waals surface area contributed by atoms with Gasteiger partial charge >= 0.3 is 17.1 Å². The molecule has 1 aliphatic rings. The first-order valence-electron chi connectivity index (χ1n) is 3.78. The molecule has 0 aromatic rings. The fourth-order valence-corrected chi connectivity index (χ4v) is 0.970. The van der Waals surface area contributed by atoms with Gasteiger partial charge in [-0.2, -0.15) is 0 Å². The van der Waals surface area contributed by atoms with E-state index in [0.29, 0.717) is 0 Å². The van der Waals surface area contributed by atoms with Crippen LogP contribution in [0.3, 0.4) is 0 Å². The monoisotopic (exact) mass is 252 g/mol. The largest absolute Gasteiger partial charge is 3.00 e. The van der Waals surface area contributed by atoms with Gasteiger partial charge in [0.1, 0.15) is 6.29 Å². The topological polar surface area (TPSA) is 68.3 Å². The number of rotatable bonds is 1. The van der Waals surface area contributed by atoms with Crippen molar-refractivity contribution in [3.8, 4) is 0 Å². The number of carbonyl (C=O) groups excluding carboxylic acids is 4. The minimum atomic E-state index is 0. The van der Waals surface area contributed by atoms with Gasteiger partial charge in [-0.15, -0.1) is 0 Å². The molecule has 5 heteroatoms. The number of hydrogen-bond donors (Lipinski definition) is 0. The molecule has 0 bridgehead atoms. The standard InChI is InChI=1S/C7H10O.3CHO.Mn/c8-6-7-4-2-1-3-5-7;3*1-2;/h4,6H,1-3,5H2;3*1H;/q;3*-1;+3. The van der Waals surface area contributed by atoms with E-state index in [1.54, 1.807) is 0 Å². The normalized spacial score (nSPS) is 11.3. The molecule has 0 saturated heterocycles. The van der Waals surface area contributed by atoms with Crippen LogP contribution in [-0.2, 0) is 36.2 Å². The van der Waals surface area contributed by atoms with Crippen LogP contribution in [0.15, 0.2) is 11.6 Å². The van der Waals surface area contributed by atoms with Crippen molar-refractivity contribution in [2.24, 2.45) is 0 Å². The quantitative estimate of drug-likeness (QED) is 0.394. The molecule has 4 nitrogen and oxygen atoms in total. The second-order valence-electron chi connectivity index (χ2n) is 2.14. The molecule has 0 N–H and O–H groups in total. The summed E-state index contributed by atoms with van der Waals surface area (Å²) in [6, 6.07) is 0. The van der Waals surface area contributed by atoms with Gasteiger partial charge in [0.15, 0.2) is 0 Å². The predicted octanol–water partition coefficient (Wildman–Crippen LogP) is 0.861. The van der Waals surface area contributed by atoms with Crippen molar-refractivity contribution in [2.45, 2.75) is 25.7 Å². The average Bonchev–Trinajstić information content (AvgIpc) is 2.37.